The molecule has 0 aliphatic heterocycles. The fourth-order valence-corrected chi connectivity index (χ4v) is 2.10. The smallest absolute Gasteiger partial charge is 0.318 e. The summed E-state index contributed by atoms with van der Waals surface area (Å²) in [4.78, 5) is 20.9. The van der Waals surface area contributed by atoms with E-state index in [2.05, 4.69) is 46.5 Å². The van der Waals surface area contributed by atoms with Crippen molar-refractivity contribution in [3.05, 3.63) is 53.6 Å². The lowest BCUT2D eigenvalue weighted by molar-refractivity contribution is 0.202. The summed E-state index contributed by atoms with van der Waals surface area (Å²) in [6, 6.07) is 8.20. The first kappa shape index (κ1) is 15.1. The van der Waals surface area contributed by atoms with E-state index in [-0.39, 0.29) is 12.1 Å². The van der Waals surface area contributed by atoms with E-state index >= 15 is 0 Å². The molecule has 2 N–H and O–H groups in total. The average Bonchev–Trinajstić information content (AvgIpc) is 3.00. The quantitative estimate of drug-likeness (QED) is 0.888. The summed E-state index contributed by atoms with van der Waals surface area (Å²) >= 11 is 0. The number of aromatic amines is 1. The molecule has 5 heteroatoms. The molecule has 2 rings (SSSR count). The molecule has 0 radical (unpaired) electrons. The number of hydrogen-bond donors (Lipinski definition) is 2. The third kappa shape index (κ3) is 4.08. The summed E-state index contributed by atoms with van der Waals surface area (Å²) in [5.41, 5.74) is 2.40. The van der Waals surface area contributed by atoms with Crippen molar-refractivity contribution in [3.8, 4) is 0 Å². The summed E-state index contributed by atoms with van der Waals surface area (Å²) in [5, 5.41) is 2.99. The lowest BCUT2D eigenvalue weighted by Crippen LogP contribution is -2.38. The highest BCUT2D eigenvalue weighted by Crippen LogP contribution is 2.14. The number of imidazole rings is 1. The van der Waals surface area contributed by atoms with Gasteiger partial charge in [-0.1, -0.05) is 31.2 Å². The second-order valence-electron chi connectivity index (χ2n) is 5.16. The number of amides is 2. The van der Waals surface area contributed by atoms with Gasteiger partial charge in [-0.25, -0.2) is 9.78 Å². The maximum atomic E-state index is 12.1. The summed E-state index contributed by atoms with van der Waals surface area (Å²) in [7, 11) is 1.75. The molecular formula is C16H22N4O. The van der Waals surface area contributed by atoms with Gasteiger partial charge in [0, 0.05) is 19.4 Å². The van der Waals surface area contributed by atoms with Gasteiger partial charge in [-0.3, -0.25) is 0 Å². The fourth-order valence-electron chi connectivity index (χ4n) is 2.10. The second kappa shape index (κ2) is 6.92. The third-order valence-corrected chi connectivity index (χ3v) is 3.52. The Kier molecular flexibility index (Phi) is 4.98. The highest BCUT2D eigenvalue weighted by Gasteiger charge is 2.14. The van der Waals surface area contributed by atoms with Gasteiger partial charge >= 0.3 is 6.03 Å². The number of aryl methyl sites for hydroxylation is 1. The minimum Gasteiger partial charge on any atom is -0.347 e. The van der Waals surface area contributed by atoms with Crippen LogP contribution < -0.4 is 5.32 Å². The zero-order valence-electron chi connectivity index (χ0n) is 12.8. The van der Waals surface area contributed by atoms with Crippen LogP contribution in [-0.4, -0.2) is 27.9 Å². The van der Waals surface area contributed by atoms with Gasteiger partial charge in [0.15, 0.2) is 0 Å². The Hall–Kier alpha value is -2.30. The standard InChI is InChI=1S/C16H22N4O/c1-4-13-5-7-14(8-6-13)12(2)19-16(21)20(3)11-15-17-9-10-18-15/h5-10,12H,4,11H2,1-3H3,(H,17,18)(H,19,21). The number of H-pyrrole nitrogens is 1. The molecule has 1 aromatic heterocycles. The summed E-state index contributed by atoms with van der Waals surface area (Å²) in [6.45, 7) is 4.57. The first-order chi connectivity index (χ1) is 10.1. The summed E-state index contributed by atoms with van der Waals surface area (Å²) in [5.74, 6) is 0.771. The molecule has 0 spiro atoms. The molecular weight excluding hydrogens is 264 g/mol. The first-order valence-corrected chi connectivity index (χ1v) is 7.19. The Labute approximate surface area is 125 Å². The zero-order valence-corrected chi connectivity index (χ0v) is 12.8. The van der Waals surface area contributed by atoms with Gasteiger partial charge in [-0.2, -0.15) is 0 Å². The maximum absolute atomic E-state index is 12.1. The highest BCUT2D eigenvalue weighted by atomic mass is 16.2. The van der Waals surface area contributed by atoms with Crippen molar-refractivity contribution >= 4 is 6.03 Å². The van der Waals surface area contributed by atoms with E-state index in [1.165, 1.54) is 5.56 Å². The number of rotatable bonds is 5. The van der Waals surface area contributed by atoms with E-state index in [9.17, 15) is 4.79 Å². The summed E-state index contributed by atoms with van der Waals surface area (Å²) < 4.78 is 0. The number of carbonyl (C=O) groups is 1. The van der Waals surface area contributed by atoms with Crippen LogP contribution in [0.1, 0.15) is 36.8 Å². The van der Waals surface area contributed by atoms with Crippen molar-refractivity contribution in [2.24, 2.45) is 0 Å². The molecule has 0 bridgehead atoms. The number of urea groups is 1. The topological polar surface area (TPSA) is 61.0 Å². The van der Waals surface area contributed by atoms with E-state index in [4.69, 9.17) is 0 Å². The van der Waals surface area contributed by atoms with Crippen LogP contribution in [0.4, 0.5) is 4.79 Å². The van der Waals surface area contributed by atoms with E-state index in [1.807, 2.05) is 6.92 Å². The number of carbonyl (C=O) groups excluding carboxylic acids is 1. The molecule has 0 aliphatic rings. The van der Waals surface area contributed by atoms with Crippen LogP contribution in [0.25, 0.3) is 0 Å². The van der Waals surface area contributed by atoms with Gasteiger partial charge < -0.3 is 15.2 Å². The molecule has 2 amide bonds. The Balaban J connectivity index is 1.91. The lowest BCUT2D eigenvalue weighted by atomic mass is 10.1. The predicted octanol–water partition coefficient (Wildman–Crippen LogP) is 2.87. The molecule has 0 aliphatic carbocycles. The summed E-state index contributed by atoms with van der Waals surface area (Å²) in [6.07, 6.45) is 4.45. The van der Waals surface area contributed by atoms with Crippen molar-refractivity contribution in [2.45, 2.75) is 32.9 Å². The van der Waals surface area contributed by atoms with Gasteiger partial charge in [0.05, 0.1) is 12.6 Å². The normalized spacial score (nSPS) is 12.0. The van der Waals surface area contributed by atoms with Crippen LogP contribution in [0.5, 0.6) is 0 Å². The molecule has 1 heterocycles. The highest BCUT2D eigenvalue weighted by molar-refractivity contribution is 5.74. The molecule has 0 saturated carbocycles. The van der Waals surface area contributed by atoms with Gasteiger partial charge in [-0.05, 0) is 24.5 Å². The van der Waals surface area contributed by atoms with Crippen molar-refractivity contribution in [1.82, 2.24) is 20.2 Å². The number of nitrogens with one attached hydrogen (secondary N) is 2. The third-order valence-electron chi connectivity index (χ3n) is 3.52. The van der Waals surface area contributed by atoms with Crippen LogP contribution in [0.15, 0.2) is 36.7 Å². The van der Waals surface area contributed by atoms with Crippen molar-refractivity contribution in [1.29, 1.82) is 0 Å². The fraction of sp³-hybridized carbons (Fsp3) is 0.375. The lowest BCUT2D eigenvalue weighted by Gasteiger charge is -2.21. The van der Waals surface area contributed by atoms with Crippen LogP contribution in [0.2, 0.25) is 0 Å². The molecule has 112 valence electrons. The Morgan fingerprint density at radius 3 is 2.67 bits per heavy atom. The minimum atomic E-state index is -0.113. The Bertz CT molecular complexity index is 562. The number of aromatic nitrogens is 2. The van der Waals surface area contributed by atoms with E-state index in [0.717, 1.165) is 17.8 Å². The zero-order chi connectivity index (χ0) is 15.2. The van der Waals surface area contributed by atoms with Gasteiger partial charge in [0.25, 0.3) is 0 Å². The van der Waals surface area contributed by atoms with Gasteiger partial charge in [0.1, 0.15) is 5.82 Å². The molecule has 1 atom stereocenters. The van der Waals surface area contributed by atoms with Crippen molar-refractivity contribution < 1.29 is 4.79 Å². The monoisotopic (exact) mass is 286 g/mol. The molecule has 2 aromatic rings. The Morgan fingerprint density at radius 2 is 2.10 bits per heavy atom. The maximum Gasteiger partial charge on any atom is 0.318 e. The number of hydrogen-bond acceptors (Lipinski definition) is 2. The van der Waals surface area contributed by atoms with Crippen molar-refractivity contribution in [2.75, 3.05) is 7.05 Å². The van der Waals surface area contributed by atoms with Crippen molar-refractivity contribution in [3.63, 3.8) is 0 Å². The predicted molar refractivity (Wildman–Crippen MR) is 82.8 cm³/mol. The molecule has 21 heavy (non-hydrogen) atoms. The Morgan fingerprint density at radius 1 is 1.38 bits per heavy atom. The number of nitrogens with zero attached hydrogens (tertiary/aromatic N) is 2. The largest absolute Gasteiger partial charge is 0.347 e. The molecule has 0 fully saturated rings. The number of benzene rings is 1. The second-order valence-corrected chi connectivity index (χ2v) is 5.16. The first-order valence-electron chi connectivity index (χ1n) is 7.19. The van der Waals surface area contributed by atoms with Crippen LogP contribution in [-0.2, 0) is 13.0 Å². The van der Waals surface area contributed by atoms with Crippen LogP contribution in [0.3, 0.4) is 0 Å². The van der Waals surface area contributed by atoms with Crippen LogP contribution in [0, 0.1) is 0 Å². The van der Waals surface area contributed by atoms with Gasteiger partial charge in [-0.15, -0.1) is 0 Å². The molecule has 5 nitrogen and oxygen atoms in total. The minimum absolute atomic E-state index is 0.0255. The van der Waals surface area contributed by atoms with Gasteiger partial charge in [0.2, 0.25) is 0 Å². The van der Waals surface area contributed by atoms with E-state index in [0.29, 0.717) is 6.54 Å². The van der Waals surface area contributed by atoms with Crippen LogP contribution >= 0.6 is 0 Å². The SMILES string of the molecule is CCc1ccc(C(C)NC(=O)N(C)Cc2ncc[nH]2)cc1. The molecule has 0 saturated heterocycles. The van der Waals surface area contributed by atoms with E-state index < -0.39 is 0 Å². The molecule has 1 unspecified atom stereocenters. The average molecular weight is 286 g/mol. The molecule has 1 aromatic carbocycles. The van der Waals surface area contributed by atoms with E-state index in [1.54, 1.807) is 24.3 Å².